The van der Waals surface area contributed by atoms with Crippen molar-refractivity contribution in [2.75, 3.05) is 25.5 Å². The summed E-state index contributed by atoms with van der Waals surface area (Å²) in [6.45, 7) is 2.27. The van der Waals surface area contributed by atoms with Crippen molar-refractivity contribution < 1.29 is 14.3 Å². The van der Waals surface area contributed by atoms with Gasteiger partial charge in [0.1, 0.15) is 12.3 Å². The topological polar surface area (TPSA) is 58.6 Å². The number of nitrogens with one attached hydrogen (secondary N) is 1. The molecule has 0 saturated heterocycles. The molecule has 24 heavy (non-hydrogen) atoms. The molecule has 1 N–H and O–H groups in total. The van der Waals surface area contributed by atoms with Crippen molar-refractivity contribution in [3.8, 4) is 5.75 Å². The third-order valence-corrected chi connectivity index (χ3v) is 4.17. The van der Waals surface area contributed by atoms with Gasteiger partial charge < -0.3 is 15.0 Å². The highest BCUT2D eigenvalue weighted by Crippen LogP contribution is 2.18. The molecule has 0 bridgehead atoms. The Hall–Kier alpha value is -2.34. The molecular weight excluding hydrogens is 372 g/mol. The van der Waals surface area contributed by atoms with E-state index >= 15 is 0 Å². The van der Waals surface area contributed by atoms with Crippen LogP contribution in [0.15, 0.2) is 53.0 Å². The van der Waals surface area contributed by atoms with Crippen LogP contribution in [0.3, 0.4) is 0 Å². The Morgan fingerprint density at radius 3 is 2.38 bits per heavy atom. The molecule has 0 aliphatic carbocycles. The summed E-state index contributed by atoms with van der Waals surface area (Å²) >= 11 is 3.37. The van der Waals surface area contributed by atoms with Gasteiger partial charge in [0.15, 0.2) is 0 Å². The fourth-order valence-electron chi connectivity index (χ4n) is 2.18. The minimum absolute atomic E-state index is 0.0112. The number of carbonyl (C=O) groups is 2. The Labute approximate surface area is 149 Å². The number of amides is 2. The van der Waals surface area contributed by atoms with Gasteiger partial charge in [0.25, 0.3) is 5.91 Å². The number of anilines is 1. The van der Waals surface area contributed by atoms with Crippen LogP contribution in [0.2, 0.25) is 0 Å². The minimum atomic E-state index is -0.248. The van der Waals surface area contributed by atoms with Crippen LogP contribution < -0.4 is 10.1 Å². The van der Waals surface area contributed by atoms with Crippen molar-refractivity contribution >= 4 is 33.4 Å². The molecule has 0 spiro atoms. The molecule has 0 heterocycles. The average Bonchev–Trinajstić information content (AvgIpc) is 2.60. The number of carbonyl (C=O) groups excluding carboxylic acids is 2. The van der Waals surface area contributed by atoms with Gasteiger partial charge in [0.2, 0.25) is 5.91 Å². The Bertz CT molecular complexity index is 716. The molecule has 0 aromatic heterocycles. The van der Waals surface area contributed by atoms with Gasteiger partial charge in [-0.3, -0.25) is 9.59 Å². The SMILES string of the molecule is CCN(CC(=O)Nc1ccc(OC)cc1)C(=O)c1ccccc1Br. The second kappa shape index (κ2) is 8.49. The van der Waals surface area contributed by atoms with E-state index in [2.05, 4.69) is 21.2 Å². The van der Waals surface area contributed by atoms with Crippen LogP contribution in [0.25, 0.3) is 0 Å². The van der Waals surface area contributed by atoms with Gasteiger partial charge in [-0.05, 0) is 59.3 Å². The third kappa shape index (κ3) is 4.58. The smallest absolute Gasteiger partial charge is 0.255 e. The summed E-state index contributed by atoms with van der Waals surface area (Å²) in [6, 6.07) is 14.2. The lowest BCUT2D eigenvalue weighted by molar-refractivity contribution is -0.116. The van der Waals surface area contributed by atoms with Crippen LogP contribution in [0.1, 0.15) is 17.3 Å². The highest BCUT2D eigenvalue weighted by Gasteiger charge is 2.19. The zero-order chi connectivity index (χ0) is 17.5. The van der Waals surface area contributed by atoms with Crippen molar-refractivity contribution in [3.63, 3.8) is 0 Å². The van der Waals surface area contributed by atoms with Gasteiger partial charge in [-0.15, -0.1) is 0 Å². The van der Waals surface area contributed by atoms with Crippen molar-refractivity contribution in [3.05, 3.63) is 58.6 Å². The van der Waals surface area contributed by atoms with Crippen LogP contribution in [-0.4, -0.2) is 36.9 Å². The number of hydrogen-bond acceptors (Lipinski definition) is 3. The highest BCUT2D eigenvalue weighted by molar-refractivity contribution is 9.10. The summed E-state index contributed by atoms with van der Waals surface area (Å²) in [5.74, 6) is 0.282. The molecule has 0 fully saturated rings. The van der Waals surface area contributed by atoms with E-state index in [1.54, 1.807) is 49.6 Å². The Kier molecular flexibility index (Phi) is 6.37. The summed E-state index contributed by atoms with van der Waals surface area (Å²) in [4.78, 5) is 26.3. The van der Waals surface area contributed by atoms with E-state index < -0.39 is 0 Å². The van der Waals surface area contributed by atoms with E-state index in [-0.39, 0.29) is 18.4 Å². The predicted molar refractivity (Wildman–Crippen MR) is 97.3 cm³/mol. The largest absolute Gasteiger partial charge is 0.497 e. The van der Waals surface area contributed by atoms with Crippen molar-refractivity contribution in [1.29, 1.82) is 0 Å². The molecule has 0 radical (unpaired) electrons. The van der Waals surface area contributed by atoms with E-state index in [0.29, 0.717) is 28.0 Å². The molecule has 0 aliphatic heterocycles. The summed E-state index contributed by atoms with van der Waals surface area (Å²) < 4.78 is 5.79. The Balaban J connectivity index is 2.02. The van der Waals surface area contributed by atoms with Crippen LogP contribution in [-0.2, 0) is 4.79 Å². The summed E-state index contributed by atoms with van der Waals surface area (Å²) in [7, 11) is 1.58. The van der Waals surface area contributed by atoms with E-state index in [0.717, 1.165) is 0 Å². The fraction of sp³-hybridized carbons (Fsp3) is 0.222. The number of benzene rings is 2. The highest BCUT2D eigenvalue weighted by atomic mass is 79.9. The van der Waals surface area contributed by atoms with Crippen LogP contribution >= 0.6 is 15.9 Å². The Morgan fingerprint density at radius 1 is 1.12 bits per heavy atom. The number of likely N-dealkylation sites (N-methyl/N-ethyl adjacent to an activating group) is 1. The number of nitrogens with zero attached hydrogens (tertiary/aromatic N) is 1. The van der Waals surface area contributed by atoms with E-state index in [4.69, 9.17) is 4.74 Å². The number of rotatable bonds is 6. The first kappa shape index (κ1) is 18.0. The molecule has 2 aromatic rings. The monoisotopic (exact) mass is 390 g/mol. The molecule has 0 saturated carbocycles. The molecule has 2 amide bonds. The van der Waals surface area contributed by atoms with Gasteiger partial charge in [-0.2, -0.15) is 0 Å². The first-order valence-electron chi connectivity index (χ1n) is 7.53. The molecule has 0 aliphatic rings. The zero-order valence-corrected chi connectivity index (χ0v) is 15.2. The molecule has 5 nitrogen and oxygen atoms in total. The lowest BCUT2D eigenvalue weighted by Gasteiger charge is -2.21. The maximum absolute atomic E-state index is 12.6. The van der Waals surface area contributed by atoms with E-state index in [9.17, 15) is 9.59 Å². The average molecular weight is 391 g/mol. The number of ether oxygens (including phenoxy) is 1. The van der Waals surface area contributed by atoms with Crippen molar-refractivity contribution in [2.45, 2.75) is 6.92 Å². The number of halogens is 1. The zero-order valence-electron chi connectivity index (χ0n) is 13.6. The normalized spacial score (nSPS) is 10.1. The first-order valence-corrected chi connectivity index (χ1v) is 8.32. The molecule has 2 rings (SSSR count). The van der Waals surface area contributed by atoms with Gasteiger partial charge in [0.05, 0.1) is 12.7 Å². The fourth-order valence-corrected chi connectivity index (χ4v) is 2.63. The first-order chi connectivity index (χ1) is 11.5. The summed E-state index contributed by atoms with van der Waals surface area (Å²) in [6.07, 6.45) is 0. The van der Waals surface area contributed by atoms with Gasteiger partial charge >= 0.3 is 0 Å². The standard InChI is InChI=1S/C18H19BrN2O3/c1-3-21(18(23)15-6-4-5-7-16(15)19)12-17(22)20-13-8-10-14(24-2)11-9-13/h4-11H,3,12H2,1-2H3,(H,20,22). The van der Waals surface area contributed by atoms with Crippen molar-refractivity contribution in [2.24, 2.45) is 0 Å². The lowest BCUT2D eigenvalue weighted by atomic mass is 10.2. The summed E-state index contributed by atoms with van der Waals surface area (Å²) in [5.41, 5.74) is 1.20. The van der Waals surface area contributed by atoms with Gasteiger partial charge in [-0.25, -0.2) is 0 Å². The molecular formula is C18H19BrN2O3. The van der Waals surface area contributed by atoms with E-state index in [1.165, 1.54) is 4.90 Å². The van der Waals surface area contributed by atoms with Gasteiger partial charge in [-0.1, -0.05) is 12.1 Å². The van der Waals surface area contributed by atoms with Gasteiger partial charge in [0, 0.05) is 16.7 Å². The number of methoxy groups -OCH3 is 1. The second-order valence-electron chi connectivity index (χ2n) is 5.08. The minimum Gasteiger partial charge on any atom is -0.497 e. The summed E-state index contributed by atoms with van der Waals surface area (Å²) in [5, 5.41) is 2.78. The molecule has 0 unspecified atom stereocenters. The lowest BCUT2D eigenvalue weighted by Crippen LogP contribution is -2.38. The maximum atomic E-state index is 12.6. The van der Waals surface area contributed by atoms with Crippen molar-refractivity contribution in [1.82, 2.24) is 4.90 Å². The Morgan fingerprint density at radius 2 is 1.79 bits per heavy atom. The molecule has 0 atom stereocenters. The van der Waals surface area contributed by atoms with Crippen LogP contribution in [0, 0.1) is 0 Å². The quantitative estimate of drug-likeness (QED) is 0.819. The van der Waals surface area contributed by atoms with E-state index in [1.807, 2.05) is 13.0 Å². The molecule has 6 heteroatoms. The van der Waals surface area contributed by atoms with Crippen LogP contribution in [0.4, 0.5) is 5.69 Å². The molecule has 126 valence electrons. The number of hydrogen-bond donors (Lipinski definition) is 1. The third-order valence-electron chi connectivity index (χ3n) is 3.48. The van der Waals surface area contributed by atoms with Crippen LogP contribution in [0.5, 0.6) is 5.75 Å². The maximum Gasteiger partial charge on any atom is 0.255 e. The predicted octanol–water partition coefficient (Wildman–Crippen LogP) is 3.56. The molecule has 2 aromatic carbocycles. The second-order valence-corrected chi connectivity index (χ2v) is 5.93.